The fraction of sp³-hybridized carbons (Fsp3) is 0.538. The van der Waals surface area contributed by atoms with Gasteiger partial charge in [-0.25, -0.2) is 8.42 Å². The highest BCUT2D eigenvalue weighted by Gasteiger charge is 2.32. The maximum Gasteiger partial charge on any atom is 0.245 e. The van der Waals surface area contributed by atoms with Gasteiger partial charge in [-0.05, 0) is 45.1 Å². The van der Waals surface area contributed by atoms with Crippen LogP contribution in [0.4, 0.5) is 5.69 Å². The number of anilines is 1. The summed E-state index contributed by atoms with van der Waals surface area (Å²) in [4.78, 5) is 2.28. The van der Waals surface area contributed by atoms with Crippen molar-refractivity contribution >= 4 is 27.3 Å². The van der Waals surface area contributed by atoms with E-state index in [-0.39, 0.29) is 16.6 Å². The highest BCUT2D eigenvalue weighted by molar-refractivity contribution is 7.89. The summed E-state index contributed by atoms with van der Waals surface area (Å²) in [7, 11) is -1.58. The van der Waals surface area contributed by atoms with Gasteiger partial charge in [0.2, 0.25) is 10.0 Å². The molecule has 2 rings (SSSR count). The Bertz CT molecular complexity index is 591. The molecular formula is C13H20ClN3O2S. The van der Waals surface area contributed by atoms with Crippen LogP contribution in [0.3, 0.4) is 0 Å². The predicted octanol–water partition coefficient (Wildman–Crippen LogP) is 1.64. The molecule has 1 aliphatic heterocycles. The number of likely N-dealkylation sites (N-methyl/N-ethyl adjacent to an activating group) is 1. The fourth-order valence-corrected chi connectivity index (χ4v) is 4.53. The van der Waals surface area contributed by atoms with Gasteiger partial charge in [0.15, 0.2) is 0 Å². The largest absolute Gasteiger partial charge is 0.398 e. The first-order valence-electron chi connectivity index (χ1n) is 6.58. The molecule has 1 unspecified atom stereocenters. The number of nitrogens with zero attached hydrogens (tertiary/aromatic N) is 2. The van der Waals surface area contributed by atoms with Crippen LogP contribution < -0.4 is 5.73 Å². The van der Waals surface area contributed by atoms with E-state index in [1.54, 1.807) is 6.07 Å². The van der Waals surface area contributed by atoms with Gasteiger partial charge in [-0.3, -0.25) is 0 Å². The van der Waals surface area contributed by atoms with Crippen LogP contribution in [-0.2, 0) is 10.0 Å². The van der Waals surface area contributed by atoms with Crippen LogP contribution in [0.2, 0.25) is 5.02 Å². The summed E-state index contributed by atoms with van der Waals surface area (Å²) in [5.41, 5.74) is 6.02. The highest BCUT2D eigenvalue weighted by Crippen LogP contribution is 2.27. The number of nitrogen functional groups attached to an aromatic ring is 1. The van der Waals surface area contributed by atoms with Crippen molar-refractivity contribution in [3.63, 3.8) is 0 Å². The zero-order valence-corrected chi connectivity index (χ0v) is 13.3. The van der Waals surface area contributed by atoms with Gasteiger partial charge in [0, 0.05) is 24.2 Å². The minimum absolute atomic E-state index is 0.0809. The molecule has 1 saturated heterocycles. The third-order valence-corrected chi connectivity index (χ3v) is 5.87. The van der Waals surface area contributed by atoms with Gasteiger partial charge < -0.3 is 10.6 Å². The SMILES string of the molecule is CC1CN(C)CCCN1S(=O)(=O)c1ccc(Cl)cc1N. The molecule has 20 heavy (non-hydrogen) atoms. The molecule has 1 fully saturated rings. The minimum Gasteiger partial charge on any atom is -0.398 e. The third-order valence-electron chi connectivity index (χ3n) is 3.54. The summed E-state index contributed by atoms with van der Waals surface area (Å²) in [6, 6.07) is 4.43. The number of halogens is 1. The van der Waals surface area contributed by atoms with Crippen LogP contribution in [-0.4, -0.2) is 50.3 Å². The number of hydrogen-bond donors (Lipinski definition) is 1. The van der Waals surface area contributed by atoms with Crippen molar-refractivity contribution in [1.82, 2.24) is 9.21 Å². The summed E-state index contributed by atoms with van der Waals surface area (Å²) < 4.78 is 27.1. The smallest absolute Gasteiger partial charge is 0.245 e. The molecular weight excluding hydrogens is 298 g/mol. The molecule has 2 N–H and O–H groups in total. The van der Waals surface area contributed by atoms with Crippen molar-refractivity contribution < 1.29 is 8.42 Å². The molecule has 0 spiro atoms. The van der Waals surface area contributed by atoms with Gasteiger partial charge in [-0.2, -0.15) is 4.31 Å². The van der Waals surface area contributed by atoms with Crippen LogP contribution in [0.15, 0.2) is 23.1 Å². The fourth-order valence-electron chi connectivity index (χ4n) is 2.59. The maximum absolute atomic E-state index is 12.8. The monoisotopic (exact) mass is 317 g/mol. The summed E-state index contributed by atoms with van der Waals surface area (Å²) in [6.07, 6.45) is 0.813. The van der Waals surface area contributed by atoms with E-state index in [1.165, 1.54) is 16.4 Å². The average Bonchev–Trinajstić information content (AvgIpc) is 2.49. The van der Waals surface area contributed by atoms with E-state index in [2.05, 4.69) is 4.90 Å². The number of hydrogen-bond acceptors (Lipinski definition) is 4. The molecule has 1 aromatic carbocycles. The van der Waals surface area contributed by atoms with E-state index in [4.69, 9.17) is 17.3 Å². The Morgan fingerprint density at radius 3 is 2.70 bits per heavy atom. The van der Waals surface area contributed by atoms with Crippen LogP contribution in [0.5, 0.6) is 0 Å². The van der Waals surface area contributed by atoms with E-state index in [1.807, 2.05) is 14.0 Å². The highest BCUT2D eigenvalue weighted by atomic mass is 35.5. The molecule has 1 aliphatic rings. The summed E-state index contributed by atoms with van der Waals surface area (Å²) in [6.45, 7) is 4.04. The van der Waals surface area contributed by atoms with E-state index >= 15 is 0 Å². The van der Waals surface area contributed by atoms with E-state index in [0.29, 0.717) is 18.1 Å². The maximum atomic E-state index is 12.8. The van der Waals surface area contributed by atoms with Crippen LogP contribution in [0.1, 0.15) is 13.3 Å². The molecule has 1 atom stereocenters. The van der Waals surface area contributed by atoms with Crippen molar-refractivity contribution in [2.24, 2.45) is 0 Å². The van der Waals surface area contributed by atoms with E-state index < -0.39 is 10.0 Å². The number of benzene rings is 1. The standard InChI is InChI=1S/C13H20ClN3O2S/c1-10-9-16(2)6-3-7-17(10)20(18,19)13-5-4-11(14)8-12(13)15/h4-5,8,10H,3,6-7,9,15H2,1-2H3. The normalized spacial score (nSPS) is 22.6. The van der Waals surface area contributed by atoms with Crippen molar-refractivity contribution in [1.29, 1.82) is 0 Å². The molecule has 5 nitrogen and oxygen atoms in total. The van der Waals surface area contributed by atoms with Crippen LogP contribution in [0.25, 0.3) is 0 Å². The van der Waals surface area contributed by atoms with Crippen LogP contribution in [0, 0.1) is 0 Å². The lowest BCUT2D eigenvalue weighted by atomic mass is 10.3. The van der Waals surface area contributed by atoms with Gasteiger partial charge in [-0.15, -0.1) is 0 Å². The Morgan fingerprint density at radius 1 is 1.35 bits per heavy atom. The molecule has 0 saturated carbocycles. The van der Waals surface area contributed by atoms with Gasteiger partial charge in [0.25, 0.3) is 0 Å². The molecule has 0 radical (unpaired) electrons. The lowest BCUT2D eigenvalue weighted by molar-refractivity contribution is 0.290. The Balaban J connectivity index is 2.38. The minimum atomic E-state index is -3.58. The first-order valence-corrected chi connectivity index (χ1v) is 8.39. The van der Waals surface area contributed by atoms with E-state index in [9.17, 15) is 8.42 Å². The molecule has 112 valence electrons. The second kappa shape index (κ2) is 5.89. The lowest BCUT2D eigenvalue weighted by Gasteiger charge is -2.27. The predicted molar refractivity (Wildman–Crippen MR) is 81.3 cm³/mol. The Morgan fingerprint density at radius 2 is 2.05 bits per heavy atom. The summed E-state index contributed by atoms with van der Waals surface area (Å²) >= 11 is 5.83. The third kappa shape index (κ3) is 3.09. The second-order valence-electron chi connectivity index (χ2n) is 5.26. The van der Waals surface area contributed by atoms with Crippen molar-refractivity contribution in [3.8, 4) is 0 Å². The number of nitrogens with two attached hydrogens (primary N) is 1. The molecule has 0 amide bonds. The second-order valence-corrected chi connectivity index (χ2v) is 7.56. The quantitative estimate of drug-likeness (QED) is 0.842. The van der Waals surface area contributed by atoms with Crippen molar-refractivity contribution in [2.75, 3.05) is 32.4 Å². The van der Waals surface area contributed by atoms with Crippen LogP contribution >= 0.6 is 11.6 Å². The zero-order chi connectivity index (χ0) is 14.9. The molecule has 7 heteroatoms. The van der Waals surface area contributed by atoms with Crippen molar-refractivity contribution in [3.05, 3.63) is 23.2 Å². The van der Waals surface area contributed by atoms with Crippen molar-refractivity contribution in [2.45, 2.75) is 24.3 Å². The first-order chi connectivity index (χ1) is 9.32. The van der Waals surface area contributed by atoms with Gasteiger partial charge >= 0.3 is 0 Å². The van der Waals surface area contributed by atoms with Gasteiger partial charge in [-0.1, -0.05) is 11.6 Å². The summed E-state index contributed by atoms with van der Waals surface area (Å²) in [5, 5.41) is 0.435. The molecule has 1 heterocycles. The zero-order valence-electron chi connectivity index (χ0n) is 11.7. The Hall–Kier alpha value is -0.820. The van der Waals surface area contributed by atoms with E-state index in [0.717, 1.165) is 13.0 Å². The number of sulfonamides is 1. The molecule has 1 aromatic rings. The lowest BCUT2D eigenvalue weighted by Crippen LogP contribution is -2.42. The Kier molecular flexibility index (Phi) is 4.59. The Labute approximate surface area is 125 Å². The number of rotatable bonds is 2. The molecule has 0 aromatic heterocycles. The molecule has 0 aliphatic carbocycles. The van der Waals surface area contributed by atoms with Gasteiger partial charge in [0.05, 0.1) is 5.69 Å². The average molecular weight is 318 g/mol. The first kappa shape index (κ1) is 15.6. The van der Waals surface area contributed by atoms with Gasteiger partial charge in [0.1, 0.15) is 4.90 Å². The topological polar surface area (TPSA) is 66.6 Å². The summed E-state index contributed by atoms with van der Waals surface area (Å²) in [5.74, 6) is 0. The molecule has 0 bridgehead atoms.